The molecule has 3 heterocycles. The highest BCUT2D eigenvalue weighted by molar-refractivity contribution is 5.82. The van der Waals surface area contributed by atoms with E-state index in [9.17, 15) is 4.79 Å². The minimum atomic E-state index is -0.0257. The fourth-order valence-corrected chi connectivity index (χ4v) is 3.78. The Morgan fingerprint density at radius 3 is 2.63 bits per heavy atom. The number of hydrogen-bond donors (Lipinski definition) is 0. The van der Waals surface area contributed by atoms with Gasteiger partial charge in [-0.15, -0.1) is 0 Å². The molecule has 0 N–H and O–H groups in total. The van der Waals surface area contributed by atoms with Gasteiger partial charge in [-0.2, -0.15) is 5.10 Å². The van der Waals surface area contributed by atoms with Crippen molar-refractivity contribution in [2.24, 2.45) is 11.8 Å². The summed E-state index contributed by atoms with van der Waals surface area (Å²) < 4.78 is 7.49. The van der Waals surface area contributed by atoms with Gasteiger partial charge in [-0.3, -0.25) is 4.79 Å². The highest BCUT2D eigenvalue weighted by Crippen LogP contribution is 2.24. The van der Waals surface area contributed by atoms with Gasteiger partial charge in [0.2, 0.25) is 5.88 Å². The van der Waals surface area contributed by atoms with Gasteiger partial charge in [-0.05, 0) is 30.4 Å². The number of piperidine rings is 1. The number of hydrogen-bond acceptors (Lipinski definition) is 5. The quantitative estimate of drug-likeness (QED) is 0.711. The molecule has 1 aromatic carbocycles. The number of nitrogens with zero attached hydrogens (tertiary/aromatic N) is 5. The lowest BCUT2D eigenvalue weighted by atomic mass is 9.92. The van der Waals surface area contributed by atoms with Gasteiger partial charge in [0.05, 0.1) is 11.9 Å². The summed E-state index contributed by atoms with van der Waals surface area (Å²) in [4.78, 5) is 23.0. The minimum absolute atomic E-state index is 0.00406. The molecule has 140 valence electrons. The molecule has 4 rings (SSSR count). The number of fused-ring (bicyclic) bond motifs is 1. The fourth-order valence-electron chi connectivity index (χ4n) is 3.78. The summed E-state index contributed by atoms with van der Waals surface area (Å²) in [5.74, 6) is 1.42. The molecule has 7 heteroatoms. The summed E-state index contributed by atoms with van der Waals surface area (Å²) >= 11 is 0. The van der Waals surface area contributed by atoms with E-state index in [4.69, 9.17) is 4.74 Å². The van der Waals surface area contributed by atoms with Crippen molar-refractivity contribution in [2.45, 2.75) is 20.3 Å². The molecular weight excluding hydrogens is 342 g/mol. The van der Waals surface area contributed by atoms with Crippen LogP contribution >= 0.6 is 0 Å². The largest absolute Gasteiger partial charge is 0.467 e. The molecule has 27 heavy (non-hydrogen) atoms. The Morgan fingerprint density at radius 1 is 1.15 bits per heavy atom. The maximum absolute atomic E-state index is 12.6. The first-order valence-electron chi connectivity index (χ1n) is 9.26. The Kier molecular flexibility index (Phi) is 4.75. The maximum Gasteiger partial charge on any atom is 0.260 e. The normalized spacial score (nSPS) is 20.0. The van der Waals surface area contributed by atoms with E-state index in [1.54, 1.807) is 10.9 Å². The van der Waals surface area contributed by atoms with E-state index in [0.29, 0.717) is 28.7 Å². The van der Waals surface area contributed by atoms with Crippen LogP contribution in [-0.4, -0.2) is 50.3 Å². The van der Waals surface area contributed by atoms with E-state index < -0.39 is 0 Å². The van der Waals surface area contributed by atoms with E-state index in [2.05, 4.69) is 28.9 Å². The molecule has 2 atom stereocenters. The van der Waals surface area contributed by atoms with Crippen molar-refractivity contribution in [2.75, 3.05) is 19.7 Å². The van der Waals surface area contributed by atoms with Crippen molar-refractivity contribution in [3.8, 4) is 11.6 Å². The predicted molar refractivity (Wildman–Crippen MR) is 102 cm³/mol. The van der Waals surface area contributed by atoms with Gasteiger partial charge in [0.15, 0.2) is 12.3 Å². The van der Waals surface area contributed by atoms with Gasteiger partial charge < -0.3 is 9.64 Å². The lowest BCUT2D eigenvalue weighted by molar-refractivity contribution is -0.136. The third-order valence-electron chi connectivity index (χ3n) is 4.88. The molecule has 1 fully saturated rings. The van der Waals surface area contributed by atoms with Crippen molar-refractivity contribution in [1.29, 1.82) is 0 Å². The molecule has 0 radical (unpaired) electrons. The summed E-state index contributed by atoms with van der Waals surface area (Å²) in [5, 5.41) is 5.09. The molecule has 1 aliphatic rings. The van der Waals surface area contributed by atoms with Crippen molar-refractivity contribution >= 4 is 16.9 Å². The first kappa shape index (κ1) is 17.5. The third-order valence-corrected chi connectivity index (χ3v) is 4.88. The van der Waals surface area contributed by atoms with E-state index >= 15 is 0 Å². The van der Waals surface area contributed by atoms with Gasteiger partial charge in [-0.1, -0.05) is 32.0 Å². The van der Waals surface area contributed by atoms with Crippen molar-refractivity contribution < 1.29 is 9.53 Å². The molecule has 0 spiro atoms. The Hall–Kier alpha value is -2.96. The molecule has 7 nitrogen and oxygen atoms in total. The summed E-state index contributed by atoms with van der Waals surface area (Å²) in [7, 11) is 0. The van der Waals surface area contributed by atoms with Crippen LogP contribution < -0.4 is 4.74 Å². The third kappa shape index (κ3) is 3.63. The van der Waals surface area contributed by atoms with Crippen LogP contribution in [0.3, 0.4) is 0 Å². The van der Waals surface area contributed by atoms with E-state index in [0.717, 1.165) is 25.2 Å². The molecule has 1 amide bonds. The Balaban J connectivity index is 1.51. The Morgan fingerprint density at radius 2 is 1.89 bits per heavy atom. The lowest BCUT2D eigenvalue weighted by Gasteiger charge is -2.34. The van der Waals surface area contributed by atoms with Gasteiger partial charge in [0.1, 0.15) is 11.7 Å². The first-order valence-corrected chi connectivity index (χ1v) is 9.26. The molecule has 0 bridgehead atoms. The average molecular weight is 365 g/mol. The maximum atomic E-state index is 12.6. The topological polar surface area (TPSA) is 73.1 Å². The second kappa shape index (κ2) is 7.34. The Bertz CT molecular complexity index is 930. The highest BCUT2D eigenvalue weighted by atomic mass is 16.5. The van der Waals surface area contributed by atoms with Gasteiger partial charge >= 0.3 is 0 Å². The molecule has 0 unspecified atom stereocenters. The second-order valence-corrected chi connectivity index (χ2v) is 7.34. The summed E-state index contributed by atoms with van der Waals surface area (Å²) in [5.41, 5.74) is 1.56. The molecule has 1 aliphatic heterocycles. The van der Waals surface area contributed by atoms with Crippen molar-refractivity contribution in [3.05, 3.63) is 42.9 Å². The minimum Gasteiger partial charge on any atom is -0.467 e. The first-order chi connectivity index (χ1) is 13.1. The number of rotatable bonds is 4. The molecule has 0 aliphatic carbocycles. The molecular formula is C20H23N5O2. The molecule has 1 saturated heterocycles. The molecule has 2 aromatic heterocycles. The van der Waals surface area contributed by atoms with Crippen LogP contribution in [0.25, 0.3) is 16.7 Å². The van der Waals surface area contributed by atoms with Crippen LogP contribution in [0.4, 0.5) is 0 Å². The van der Waals surface area contributed by atoms with Crippen LogP contribution in [0.15, 0.2) is 42.9 Å². The Labute approximate surface area is 158 Å². The zero-order chi connectivity index (χ0) is 18.8. The van der Waals surface area contributed by atoms with Crippen LogP contribution in [0.1, 0.15) is 20.3 Å². The van der Waals surface area contributed by atoms with Crippen LogP contribution in [0.5, 0.6) is 5.88 Å². The number of benzene rings is 1. The van der Waals surface area contributed by atoms with Crippen molar-refractivity contribution in [3.63, 3.8) is 0 Å². The summed E-state index contributed by atoms with van der Waals surface area (Å²) in [6.45, 7) is 5.92. The fraction of sp³-hybridized carbons (Fsp3) is 0.400. The van der Waals surface area contributed by atoms with Crippen LogP contribution in [0, 0.1) is 11.8 Å². The second-order valence-electron chi connectivity index (χ2n) is 7.34. The van der Waals surface area contributed by atoms with Gasteiger partial charge in [0, 0.05) is 13.1 Å². The predicted octanol–water partition coefficient (Wildman–Crippen LogP) is 2.70. The molecule has 3 aromatic rings. The zero-order valence-corrected chi connectivity index (χ0v) is 15.6. The van der Waals surface area contributed by atoms with Crippen LogP contribution in [0.2, 0.25) is 0 Å². The van der Waals surface area contributed by atoms with E-state index in [1.807, 2.05) is 35.2 Å². The van der Waals surface area contributed by atoms with E-state index in [-0.39, 0.29) is 12.5 Å². The van der Waals surface area contributed by atoms with Gasteiger partial charge in [0.25, 0.3) is 5.91 Å². The summed E-state index contributed by atoms with van der Waals surface area (Å²) in [6.07, 6.45) is 4.28. The number of likely N-dealkylation sites (tertiary alicyclic amines) is 1. The number of aromatic nitrogens is 4. The highest BCUT2D eigenvalue weighted by Gasteiger charge is 2.26. The monoisotopic (exact) mass is 365 g/mol. The standard InChI is InChI=1S/C20H23N5O2/c1-14-8-15(2)11-24(10-14)18(26)12-27-20-17-9-23-25(19(17)21-13-22-20)16-6-4-3-5-7-16/h3-7,9,13-15H,8,10-12H2,1-2H3/t14-,15-/m1/s1. The van der Waals surface area contributed by atoms with Crippen molar-refractivity contribution in [1.82, 2.24) is 24.6 Å². The number of carbonyl (C=O) groups is 1. The van der Waals surface area contributed by atoms with Crippen LogP contribution in [-0.2, 0) is 4.79 Å². The smallest absolute Gasteiger partial charge is 0.260 e. The zero-order valence-electron chi connectivity index (χ0n) is 15.6. The number of carbonyl (C=O) groups excluding carboxylic acids is 1. The number of amides is 1. The average Bonchev–Trinajstić information content (AvgIpc) is 3.10. The SMILES string of the molecule is C[C@@H]1C[C@@H](C)CN(C(=O)COc2ncnc3c2cnn3-c2ccccc2)C1. The molecule has 0 saturated carbocycles. The number of para-hydroxylation sites is 1. The van der Waals surface area contributed by atoms with Gasteiger partial charge in [-0.25, -0.2) is 14.6 Å². The van der Waals surface area contributed by atoms with E-state index in [1.165, 1.54) is 6.33 Å². The number of ether oxygens (including phenoxy) is 1. The summed E-state index contributed by atoms with van der Waals surface area (Å²) in [6, 6.07) is 9.75. The lowest BCUT2D eigenvalue weighted by Crippen LogP contribution is -2.44.